The van der Waals surface area contributed by atoms with Gasteiger partial charge in [-0.15, -0.1) is 0 Å². The molecule has 0 aromatic heterocycles. The minimum absolute atomic E-state index is 0.00736. The first-order valence-corrected chi connectivity index (χ1v) is 16.4. The van der Waals surface area contributed by atoms with Crippen molar-refractivity contribution in [2.75, 3.05) is 49.2 Å². The van der Waals surface area contributed by atoms with Gasteiger partial charge >= 0.3 is 11.9 Å². The van der Waals surface area contributed by atoms with Crippen LogP contribution in [0.4, 0.5) is 11.4 Å². The van der Waals surface area contributed by atoms with E-state index in [0.29, 0.717) is 0 Å². The summed E-state index contributed by atoms with van der Waals surface area (Å²) < 4.78 is 10.5. The summed E-state index contributed by atoms with van der Waals surface area (Å²) >= 11 is 0. The second-order valence-corrected chi connectivity index (χ2v) is 11.0. The number of carbonyl (C=O) groups is 4. The van der Waals surface area contributed by atoms with Gasteiger partial charge in [-0.05, 0) is 64.1 Å². The third kappa shape index (κ3) is 8.49. The first-order chi connectivity index (χ1) is 24.1. The molecule has 4 aromatic carbocycles. The zero-order valence-corrected chi connectivity index (χ0v) is 28.6. The van der Waals surface area contributed by atoms with Crippen LogP contribution >= 0.6 is 0 Å². The number of hydrogen-bond acceptors (Lipinski definition) is 10. The number of anilines is 2. The van der Waals surface area contributed by atoms with E-state index < -0.39 is 23.5 Å². The Morgan fingerprint density at radius 3 is 1.18 bits per heavy atom. The number of benzene rings is 4. The molecule has 50 heavy (non-hydrogen) atoms. The van der Waals surface area contributed by atoms with E-state index in [9.17, 15) is 29.4 Å². The molecule has 0 aliphatic rings. The van der Waals surface area contributed by atoms with E-state index >= 15 is 0 Å². The van der Waals surface area contributed by atoms with Crippen molar-refractivity contribution in [2.45, 2.75) is 27.7 Å². The molecule has 2 N–H and O–H groups in total. The monoisotopic (exact) mass is 676 g/mol. The van der Waals surface area contributed by atoms with E-state index in [1.807, 2.05) is 37.5 Å². The zero-order valence-electron chi connectivity index (χ0n) is 28.6. The Labute approximate surface area is 291 Å². The molecule has 0 aliphatic carbocycles. The highest BCUT2D eigenvalue weighted by Gasteiger charge is 2.23. The molecule has 0 radical (unpaired) electrons. The molecule has 10 nitrogen and oxygen atoms in total. The summed E-state index contributed by atoms with van der Waals surface area (Å²) in [7, 11) is 0. The number of carbonyl (C=O) groups excluding carboxylic acids is 4. The predicted octanol–water partition coefficient (Wildman–Crippen LogP) is 6.27. The summed E-state index contributed by atoms with van der Waals surface area (Å²) in [6.07, 6.45) is 0. The van der Waals surface area contributed by atoms with Gasteiger partial charge in [-0.1, -0.05) is 48.2 Å². The summed E-state index contributed by atoms with van der Waals surface area (Å²) in [5, 5.41) is 21.3. The van der Waals surface area contributed by atoms with Crippen LogP contribution < -0.4 is 9.80 Å². The van der Waals surface area contributed by atoms with Gasteiger partial charge in [-0.2, -0.15) is 0 Å². The topological polar surface area (TPSA) is 134 Å². The molecule has 0 aliphatic heterocycles. The molecule has 0 fully saturated rings. The molecule has 0 spiro atoms. The highest BCUT2D eigenvalue weighted by Crippen LogP contribution is 2.29. The first-order valence-electron chi connectivity index (χ1n) is 16.4. The Bertz CT molecular complexity index is 1800. The molecular formula is C40H40N2O8. The molecule has 0 bridgehead atoms. The number of esters is 2. The van der Waals surface area contributed by atoms with Gasteiger partial charge in [-0.25, -0.2) is 9.59 Å². The number of hydrogen-bond donors (Lipinski definition) is 2. The van der Waals surface area contributed by atoms with Crippen molar-refractivity contribution in [1.82, 2.24) is 0 Å². The third-order valence-electron chi connectivity index (χ3n) is 8.17. The summed E-state index contributed by atoms with van der Waals surface area (Å²) in [5.74, 6) is 2.15. The average Bonchev–Trinajstić information content (AvgIpc) is 3.13. The highest BCUT2D eigenvalue weighted by atomic mass is 16.5. The highest BCUT2D eigenvalue weighted by molar-refractivity contribution is 6.16. The lowest BCUT2D eigenvalue weighted by Crippen LogP contribution is -2.21. The lowest BCUT2D eigenvalue weighted by molar-refractivity contribution is 0.0537. The fraction of sp³-hybridized carbons (Fsp3) is 0.250. The van der Waals surface area contributed by atoms with Gasteiger partial charge in [0.05, 0.1) is 22.3 Å². The van der Waals surface area contributed by atoms with Crippen molar-refractivity contribution in [1.29, 1.82) is 0 Å². The normalized spacial score (nSPS) is 10.4. The van der Waals surface area contributed by atoms with Gasteiger partial charge in [-0.3, -0.25) is 9.59 Å². The van der Waals surface area contributed by atoms with Crippen molar-refractivity contribution in [3.63, 3.8) is 0 Å². The second kappa shape index (κ2) is 17.4. The van der Waals surface area contributed by atoms with Gasteiger partial charge < -0.3 is 29.5 Å². The Morgan fingerprint density at radius 1 is 0.520 bits per heavy atom. The van der Waals surface area contributed by atoms with E-state index in [1.165, 1.54) is 48.5 Å². The Morgan fingerprint density at radius 2 is 0.860 bits per heavy atom. The molecule has 0 unspecified atom stereocenters. The van der Waals surface area contributed by atoms with Crippen LogP contribution in [0.3, 0.4) is 0 Å². The maximum atomic E-state index is 13.3. The van der Waals surface area contributed by atoms with Crippen molar-refractivity contribution >= 4 is 34.9 Å². The minimum Gasteiger partial charge on any atom is -0.507 e. The number of rotatable bonds is 14. The maximum Gasteiger partial charge on any atom is 0.339 e. The number of ketones is 2. The smallest absolute Gasteiger partial charge is 0.339 e. The minimum atomic E-state index is -0.791. The third-order valence-corrected chi connectivity index (χ3v) is 8.17. The van der Waals surface area contributed by atoms with Crippen LogP contribution in [-0.2, 0) is 9.47 Å². The lowest BCUT2D eigenvalue weighted by Gasteiger charge is -2.21. The first kappa shape index (κ1) is 36.8. The van der Waals surface area contributed by atoms with Crippen LogP contribution in [0.1, 0.15) is 80.3 Å². The van der Waals surface area contributed by atoms with Gasteiger partial charge in [0.15, 0.2) is 24.8 Å². The van der Waals surface area contributed by atoms with E-state index in [2.05, 4.69) is 11.8 Å². The summed E-state index contributed by atoms with van der Waals surface area (Å²) in [4.78, 5) is 56.6. The molecule has 258 valence electrons. The molecule has 4 aromatic rings. The number of phenolic OH excluding ortho intramolecular Hbond substituents is 2. The van der Waals surface area contributed by atoms with E-state index in [1.54, 1.807) is 36.4 Å². The molecular weight excluding hydrogens is 636 g/mol. The number of nitrogens with zero attached hydrogens (tertiary/aromatic N) is 2. The molecule has 4 rings (SSSR count). The second-order valence-electron chi connectivity index (χ2n) is 11.0. The van der Waals surface area contributed by atoms with Gasteiger partial charge in [0, 0.05) is 60.8 Å². The average molecular weight is 677 g/mol. The Kier molecular flexibility index (Phi) is 12.8. The predicted molar refractivity (Wildman–Crippen MR) is 191 cm³/mol. The lowest BCUT2D eigenvalue weighted by atomic mass is 9.97. The quantitative estimate of drug-likeness (QED) is 0.0895. The molecule has 0 atom stereocenters. The SMILES string of the molecule is CCN(CC)c1ccc(C(=O)c2ccccc2C(=O)OCC#CCOC(=O)c2ccccc2C(=O)c2ccc(N(CC)CC)cc2O)c(O)c1. The van der Waals surface area contributed by atoms with Crippen LogP contribution in [0.2, 0.25) is 0 Å². The molecule has 0 saturated heterocycles. The standard InChI is InChI=1S/C40H40N2O8/c1-5-41(6-2)27-19-21-33(35(43)25-27)37(45)29-15-9-11-17-31(29)39(47)49-23-13-14-24-50-40(48)32-18-12-10-16-30(32)38(46)34-22-20-28(26-36(34)44)42(7-3)8-4/h9-12,15-22,25-26,43-44H,5-8,23-24H2,1-4H3. The zero-order chi connectivity index (χ0) is 36.2. The number of ether oxygens (including phenoxy) is 2. The van der Waals surface area contributed by atoms with Crippen LogP contribution in [0.25, 0.3) is 0 Å². The van der Waals surface area contributed by atoms with Gasteiger partial charge in [0.25, 0.3) is 0 Å². The number of aromatic hydroxyl groups is 2. The Balaban J connectivity index is 1.37. The summed E-state index contributed by atoms with van der Waals surface area (Å²) in [6.45, 7) is 10.2. The van der Waals surface area contributed by atoms with Crippen LogP contribution in [0.15, 0.2) is 84.9 Å². The molecule has 0 heterocycles. The van der Waals surface area contributed by atoms with E-state index in [4.69, 9.17) is 9.47 Å². The van der Waals surface area contributed by atoms with Crippen molar-refractivity contribution in [2.24, 2.45) is 0 Å². The van der Waals surface area contributed by atoms with E-state index in [0.717, 1.165) is 37.6 Å². The van der Waals surface area contributed by atoms with Gasteiger partial charge in [0.1, 0.15) is 11.5 Å². The van der Waals surface area contributed by atoms with Crippen LogP contribution in [-0.4, -0.2) is 73.1 Å². The van der Waals surface area contributed by atoms with Crippen LogP contribution in [0.5, 0.6) is 11.5 Å². The largest absolute Gasteiger partial charge is 0.507 e. The number of phenols is 2. The van der Waals surface area contributed by atoms with Crippen molar-refractivity contribution in [3.8, 4) is 23.3 Å². The van der Waals surface area contributed by atoms with Gasteiger partial charge in [0.2, 0.25) is 0 Å². The van der Waals surface area contributed by atoms with Crippen molar-refractivity contribution < 1.29 is 38.9 Å². The Hall–Kier alpha value is -6.08. The van der Waals surface area contributed by atoms with Crippen molar-refractivity contribution in [3.05, 3.63) is 118 Å². The fourth-order valence-electron chi connectivity index (χ4n) is 5.46. The summed E-state index contributed by atoms with van der Waals surface area (Å²) in [6, 6.07) is 21.9. The van der Waals surface area contributed by atoms with E-state index in [-0.39, 0.29) is 58.1 Å². The fourth-order valence-corrected chi connectivity index (χ4v) is 5.46. The summed E-state index contributed by atoms with van der Waals surface area (Å²) in [5.41, 5.74) is 1.79. The molecule has 0 saturated carbocycles. The molecule has 10 heteroatoms. The maximum absolute atomic E-state index is 13.3. The molecule has 0 amide bonds. The van der Waals surface area contributed by atoms with Crippen LogP contribution in [0, 0.1) is 11.8 Å².